The number of hydrogen-bond donors (Lipinski definition) is 2. The number of nitrogens with one attached hydrogen (secondary N) is 1. The van der Waals surface area contributed by atoms with Gasteiger partial charge in [-0.15, -0.1) is 11.8 Å². The van der Waals surface area contributed by atoms with Gasteiger partial charge in [0, 0.05) is 23.7 Å². The van der Waals surface area contributed by atoms with E-state index in [1.807, 2.05) is 30.3 Å². The van der Waals surface area contributed by atoms with Gasteiger partial charge >= 0.3 is 0 Å². The molecule has 1 aromatic carbocycles. The number of carbonyl (C=O) groups excluding carboxylic acids is 1. The SMILES string of the molecule is O=C(CN(CCO)CC(F)F)NCCSc1ccccc1. The fourth-order valence-corrected chi connectivity index (χ4v) is 2.50. The number of benzene rings is 1. The van der Waals surface area contributed by atoms with Crippen LogP contribution in [0.1, 0.15) is 0 Å². The van der Waals surface area contributed by atoms with E-state index in [1.165, 1.54) is 4.90 Å². The molecule has 0 spiro atoms. The first-order valence-corrected chi connectivity index (χ1v) is 7.66. The Hall–Kier alpha value is -1.18. The van der Waals surface area contributed by atoms with Gasteiger partial charge in [-0.2, -0.15) is 0 Å². The second-order valence-electron chi connectivity index (χ2n) is 4.36. The summed E-state index contributed by atoms with van der Waals surface area (Å²) >= 11 is 1.61. The van der Waals surface area contributed by atoms with E-state index in [4.69, 9.17) is 5.11 Å². The summed E-state index contributed by atoms with van der Waals surface area (Å²) in [6.07, 6.45) is -2.52. The summed E-state index contributed by atoms with van der Waals surface area (Å²) in [7, 11) is 0. The zero-order valence-corrected chi connectivity index (χ0v) is 12.5. The van der Waals surface area contributed by atoms with Crippen molar-refractivity contribution < 1.29 is 18.7 Å². The Morgan fingerprint density at radius 1 is 1.33 bits per heavy atom. The molecule has 0 saturated heterocycles. The third kappa shape index (κ3) is 8.64. The molecule has 4 nitrogen and oxygen atoms in total. The highest BCUT2D eigenvalue weighted by molar-refractivity contribution is 7.99. The normalized spacial score (nSPS) is 11.1. The first-order chi connectivity index (χ1) is 10.1. The van der Waals surface area contributed by atoms with Gasteiger partial charge in [0.1, 0.15) is 0 Å². The van der Waals surface area contributed by atoms with Crippen LogP contribution < -0.4 is 5.32 Å². The average molecular weight is 318 g/mol. The van der Waals surface area contributed by atoms with Crippen LogP contribution in [0.4, 0.5) is 8.78 Å². The van der Waals surface area contributed by atoms with Gasteiger partial charge in [0.2, 0.25) is 5.91 Å². The summed E-state index contributed by atoms with van der Waals surface area (Å²) < 4.78 is 24.6. The van der Waals surface area contributed by atoms with Gasteiger partial charge in [-0.25, -0.2) is 8.78 Å². The molecule has 0 atom stereocenters. The largest absolute Gasteiger partial charge is 0.395 e. The van der Waals surface area contributed by atoms with Crippen LogP contribution in [0.25, 0.3) is 0 Å². The maximum atomic E-state index is 12.3. The molecule has 118 valence electrons. The summed E-state index contributed by atoms with van der Waals surface area (Å²) in [5.74, 6) is 0.405. The van der Waals surface area contributed by atoms with E-state index >= 15 is 0 Å². The Bertz CT molecular complexity index is 407. The van der Waals surface area contributed by atoms with E-state index in [9.17, 15) is 13.6 Å². The number of thioether (sulfide) groups is 1. The number of halogens is 2. The molecule has 0 fully saturated rings. The Kier molecular flexibility index (Phi) is 8.96. The van der Waals surface area contributed by atoms with Crippen molar-refractivity contribution >= 4 is 17.7 Å². The summed E-state index contributed by atoms with van der Waals surface area (Å²) in [5, 5.41) is 11.5. The first kappa shape index (κ1) is 17.9. The van der Waals surface area contributed by atoms with E-state index in [-0.39, 0.29) is 25.6 Å². The lowest BCUT2D eigenvalue weighted by Crippen LogP contribution is -2.41. The van der Waals surface area contributed by atoms with Crippen LogP contribution in [0, 0.1) is 0 Å². The summed E-state index contributed by atoms with van der Waals surface area (Å²) in [6.45, 7) is -0.339. The second kappa shape index (κ2) is 10.5. The van der Waals surface area contributed by atoms with Gasteiger partial charge in [0.05, 0.1) is 19.7 Å². The van der Waals surface area contributed by atoms with Crippen LogP contribution in [0.2, 0.25) is 0 Å². The Balaban J connectivity index is 2.20. The molecule has 0 aliphatic heterocycles. The van der Waals surface area contributed by atoms with Crippen LogP contribution in [0.5, 0.6) is 0 Å². The van der Waals surface area contributed by atoms with Crippen LogP contribution >= 0.6 is 11.8 Å². The molecule has 0 aliphatic rings. The van der Waals surface area contributed by atoms with Gasteiger partial charge in [-0.1, -0.05) is 18.2 Å². The lowest BCUT2D eigenvalue weighted by Gasteiger charge is -2.20. The number of nitrogens with zero attached hydrogens (tertiary/aromatic N) is 1. The van der Waals surface area contributed by atoms with Crippen molar-refractivity contribution in [1.82, 2.24) is 10.2 Å². The molecular weight excluding hydrogens is 298 g/mol. The van der Waals surface area contributed by atoms with Gasteiger partial charge in [-0.3, -0.25) is 9.69 Å². The predicted molar refractivity (Wildman–Crippen MR) is 79.7 cm³/mol. The molecule has 0 aliphatic carbocycles. The zero-order valence-electron chi connectivity index (χ0n) is 11.7. The van der Waals surface area contributed by atoms with Crippen molar-refractivity contribution in [2.75, 3.05) is 38.5 Å². The number of aliphatic hydroxyl groups is 1. The molecule has 2 N–H and O–H groups in total. The van der Waals surface area contributed by atoms with Gasteiger partial charge in [0.15, 0.2) is 0 Å². The fraction of sp³-hybridized carbons (Fsp3) is 0.500. The number of aliphatic hydroxyl groups excluding tert-OH is 1. The van der Waals surface area contributed by atoms with E-state index in [2.05, 4.69) is 5.32 Å². The van der Waals surface area contributed by atoms with E-state index < -0.39 is 13.0 Å². The molecule has 0 heterocycles. The zero-order chi connectivity index (χ0) is 15.5. The molecule has 7 heteroatoms. The fourth-order valence-electron chi connectivity index (χ4n) is 1.71. The average Bonchev–Trinajstić information content (AvgIpc) is 2.44. The second-order valence-corrected chi connectivity index (χ2v) is 5.53. The van der Waals surface area contributed by atoms with Crippen LogP contribution in [-0.2, 0) is 4.79 Å². The molecule has 1 rings (SSSR count). The molecular formula is C14H20F2N2O2S. The minimum absolute atomic E-state index is 0.0660. The maximum absolute atomic E-state index is 12.3. The number of amides is 1. The van der Waals surface area contributed by atoms with Crippen LogP contribution in [0.15, 0.2) is 35.2 Å². The maximum Gasteiger partial charge on any atom is 0.251 e. The number of rotatable bonds is 10. The lowest BCUT2D eigenvalue weighted by atomic mass is 10.4. The van der Waals surface area contributed by atoms with Crippen LogP contribution in [0.3, 0.4) is 0 Å². The van der Waals surface area contributed by atoms with Crippen LogP contribution in [-0.4, -0.2) is 60.9 Å². The smallest absolute Gasteiger partial charge is 0.251 e. The standard InChI is InChI=1S/C14H20F2N2O2S/c15-13(16)10-18(7-8-19)11-14(20)17-6-9-21-12-4-2-1-3-5-12/h1-5,13,19H,6-11H2,(H,17,20). The van der Waals surface area contributed by atoms with Crippen molar-refractivity contribution in [2.24, 2.45) is 0 Å². The van der Waals surface area contributed by atoms with Crippen molar-refractivity contribution in [3.63, 3.8) is 0 Å². The quantitative estimate of drug-likeness (QED) is 0.506. The Morgan fingerprint density at radius 3 is 2.67 bits per heavy atom. The minimum Gasteiger partial charge on any atom is -0.395 e. The van der Waals surface area contributed by atoms with E-state index in [0.717, 1.165) is 4.90 Å². The molecule has 0 saturated carbocycles. The highest BCUT2D eigenvalue weighted by atomic mass is 32.2. The summed E-state index contributed by atoms with van der Waals surface area (Å²) in [4.78, 5) is 14.0. The number of hydrogen-bond acceptors (Lipinski definition) is 4. The third-order valence-corrected chi connectivity index (χ3v) is 3.63. The van der Waals surface area contributed by atoms with Crippen molar-refractivity contribution in [3.05, 3.63) is 30.3 Å². The first-order valence-electron chi connectivity index (χ1n) is 6.67. The van der Waals surface area contributed by atoms with Crippen molar-refractivity contribution in [2.45, 2.75) is 11.3 Å². The molecule has 21 heavy (non-hydrogen) atoms. The molecule has 1 aromatic rings. The van der Waals surface area contributed by atoms with Crippen molar-refractivity contribution in [3.8, 4) is 0 Å². The Labute approximate surface area is 127 Å². The van der Waals surface area contributed by atoms with Gasteiger partial charge in [0.25, 0.3) is 6.43 Å². The minimum atomic E-state index is -2.52. The predicted octanol–water partition coefficient (Wildman–Crippen LogP) is 1.45. The highest BCUT2D eigenvalue weighted by Gasteiger charge is 2.14. The molecule has 0 bridgehead atoms. The van der Waals surface area contributed by atoms with Gasteiger partial charge in [-0.05, 0) is 12.1 Å². The topological polar surface area (TPSA) is 52.6 Å². The summed E-state index contributed by atoms with van der Waals surface area (Å²) in [6, 6.07) is 9.79. The highest BCUT2D eigenvalue weighted by Crippen LogP contribution is 2.15. The molecule has 0 radical (unpaired) electrons. The molecule has 0 aromatic heterocycles. The van der Waals surface area contributed by atoms with E-state index in [1.54, 1.807) is 11.8 Å². The van der Waals surface area contributed by atoms with Crippen molar-refractivity contribution in [1.29, 1.82) is 0 Å². The Morgan fingerprint density at radius 2 is 2.05 bits per heavy atom. The summed E-state index contributed by atoms with van der Waals surface area (Å²) in [5.41, 5.74) is 0. The number of carbonyl (C=O) groups is 1. The van der Waals surface area contributed by atoms with Gasteiger partial charge < -0.3 is 10.4 Å². The third-order valence-electron chi connectivity index (χ3n) is 2.62. The number of alkyl halides is 2. The lowest BCUT2D eigenvalue weighted by molar-refractivity contribution is -0.122. The van der Waals surface area contributed by atoms with E-state index in [0.29, 0.717) is 12.3 Å². The molecule has 0 unspecified atom stereocenters. The molecule has 1 amide bonds. The monoisotopic (exact) mass is 318 g/mol.